The average Bonchev–Trinajstić information content (AvgIpc) is 2.47. The summed E-state index contributed by atoms with van der Waals surface area (Å²) in [4.78, 5) is 13.6. The van der Waals surface area contributed by atoms with E-state index < -0.39 is 26.2 Å². The van der Waals surface area contributed by atoms with Crippen molar-refractivity contribution in [1.82, 2.24) is 4.98 Å². The minimum atomic E-state index is -3.95. The van der Waals surface area contributed by atoms with E-state index in [1.54, 1.807) is 6.07 Å². The Morgan fingerprint density at radius 1 is 1.24 bits per heavy atom. The monoisotopic (exact) mass is 303 g/mol. The average molecular weight is 303 g/mol. The first-order valence-electron chi connectivity index (χ1n) is 5.76. The standard InChI is InChI=1S/C13H9N3O4S/c14-8-11-10(4-3-7-15-11)9-21(19,20)13-6-2-1-5-12(13)16(17)18/h1-7H,9H2. The summed E-state index contributed by atoms with van der Waals surface area (Å²) in [5.74, 6) is -0.519. The second-order valence-electron chi connectivity index (χ2n) is 4.11. The first-order chi connectivity index (χ1) is 9.95. The second kappa shape index (κ2) is 5.68. The molecular formula is C13H9N3O4S. The molecule has 0 N–H and O–H groups in total. The van der Waals surface area contributed by atoms with Gasteiger partial charge in [-0.05, 0) is 12.1 Å². The number of pyridine rings is 1. The summed E-state index contributed by atoms with van der Waals surface area (Å²) in [6.45, 7) is 0. The number of nitrogens with zero attached hydrogens (tertiary/aromatic N) is 3. The Hall–Kier alpha value is -2.79. The van der Waals surface area contributed by atoms with Crippen LogP contribution in [0, 0.1) is 21.4 Å². The van der Waals surface area contributed by atoms with Crippen molar-refractivity contribution in [2.24, 2.45) is 0 Å². The van der Waals surface area contributed by atoms with Crippen molar-refractivity contribution in [3.8, 4) is 6.07 Å². The van der Waals surface area contributed by atoms with Crippen LogP contribution in [0.15, 0.2) is 47.5 Å². The first kappa shape index (κ1) is 14.6. The van der Waals surface area contributed by atoms with Gasteiger partial charge in [-0.1, -0.05) is 18.2 Å². The zero-order valence-electron chi connectivity index (χ0n) is 10.6. The van der Waals surface area contributed by atoms with Crippen molar-refractivity contribution in [3.05, 3.63) is 64.0 Å². The van der Waals surface area contributed by atoms with Gasteiger partial charge in [-0.2, -0.15) is 5.26 Å². The summed E-state index contributed by atoms with van der Waals surface area (Å²) in [6.07, 6.45) is 1.37. The number of para-hydroxylation sites is 1. The smallest absolute Gasteiger partial charge is 0.258 e. The highest BCUT2D eigenvalue weighted by Crippen LogP contribution is 2.26. The Labute approximate surface area is 120 Å². The summed E-state index contributed by atoms with van der Waals surface area (Å²) in [7, 11) is -3.95. The highest BCUT2D eigenvalue weighted by atomic mass is 32.2. The van der Waals surface area contributed by atoms with Crippen LogP contribution >= 0.6 is 0 Å². The quantitative estimate of drug-likeness (QED) is 0.628. The molecule has 0 spiro atoms. The SMILES string of the molecule is N#Cc1ncccc1CS(=O)(=O)c1ccccc1[N+](=O)[O-]. The Morgan fingerprint density at radius 2 is 1.95 bits per heavy atom. The van der Waals surface area contributed by atoms with Gasteiger partial charge in [0.2, 0.25) is 0 Å². The number of rotatable bonds is 4. The number of hydrogen-bond donors (Lipinski definition) is 0. The molecule has 1 aromatic carbocycles. The number of sulfone groups is 1. The molecule has 0 aliphatic carbocycles. The number of benzene rings is 1. The predicted octanol–water partition coefficient (Wildman–Crippen LogP) is 1.84. The molecule has 0 aliphatic heterocycles. The van der Waals surface area contributed by atoms with Crippen molar-refractivity contribution < 1.29 is 13.3 Å². The van der Waals surface area contributed by atoms with Crippen molar-refractivity contribution in [3.63, 3.8) is 0 Å². The molecule has 0 fully saturated rings. The molecule has 0 amide bonds. The summed E-state index contributed by atoms with van der Waals surface area (Å²) >= 11 is 0. The van der Waals surface area contributed by atoms with E-state index in [9.17, 15) is 18.5 Å². The number of hydrogen-bond acceptors (Lipinski definition) is 6. The van der Waals surface area contributed by atoms with E-state index in [-0.39, 0.29) is 16.2 Å². The summed E-state index contributed by atoms with van der Waals surface area (Å²) in [5, 5.41) is 19.8. The molecule has 0 atom stereocenters. The first-order valence-corrected chi connectivity index (χ1v) is 7.41. The van der Waals surface area contributed by atoms with Crippen LogP contribution < -0.4 is 0 Å². The molecule has 0 radical (unpaired) electrons. The zero-order valence-corrected chi connectivity index (χ0v) is 11.4. The maximum absolute atomic E-state index is 12.4. The fourth-order valence-electron chi connectivity index (χ4n) is 1.81. The highest BCUT2D eigenvalue weighted by molar-refractivity contribution is 7.90. The van der Waals surface area contributed by atoms with E-state index >= 15 is 0 Å². The molecule has 1 heterocycles. The molecule has 8 heteroatoms. The van der Waals surface area contributed by atoms with Gasteiger partial charge in [0.15, 0.2) is 9.84 Å². The van der Waals surface area contributed by atoms with Gasteiger partial charge in [0, 0.05) is 17.8 Å². The second-order valence-corrected chi connectivity index (χ2v) is 6.06. The predicted molar refractivity (Wildman–Crippen MR) is 72.9 cm³/mol. The van der Waals surface area contributed by atoms with Gasteiger partial charge < -0.3 is 0 Å². The zero-order chi connectivity index (χ0) is 15.5. The molecule has 0 unspecified atom stereocenters. The lowest BCUT2D eigenvalue weighted by Gasteiger charge is -2.06. The molecule has 21 heavy (non-hydrogen) atoms. The van der Waals surface area contributed by atoms with Crippen LogP contribution in [-0.4, -0.2) is 18.3 Å². The third-order valence-electron chi connectivity index (χ3n) is 2.74. The van der Waals surface area contributed by atoms with Crippen LogP contribution in [-0.2, 0) is 15.6 Å². The number of aromatic nitrogens is 1. The topological polar surface area (TPSA) is 114 Å². The molecule has 0 saturated heterocycles. The summed E-state index contributed by atoms with van der Waals surface area (Å²) in [5.41, 5.74) is -0.294. The largest absolute Gasteiger partial charge is 0.287 e. The Bertz CT molecular complexity index is 840. The fraction of sp³-hybridized carbons (Fsp3) is 0.0769. The fourth-order valence-corrected chi connectivity index (χ4v) is 3.35. The molecule has 2 rings (SSSR count). The van der Waals surface area contributed by atoms with Crippen molar-refractivity contribution >= 4 is 15.5 Å². The Balaban J connectivity index is 2.50. The third kappa shape index (κ3) is 3.04. The minimum Gasteiger partial charge on any atom is -0.258 e. The normalized spacial score (nSPS) is 10.8. The molecule has 0 bridgehead atoms. The van der Waals surface area contributed by atoms with Gasteiger partial charge in [-0.3, -0.25) is 10.1 Å². The third-order valence-corrected chi connectivity index (χ3v) is 4.45. The van der Waals surface area contributed by atoms with E-state index in [2.05, 4.69) is 4.98 Å². The highest BCUT2D eigenvalue weighted by Gasteiger charge is 2.26. The van der Waals surface area contributed by atoms with E-state index in [4.69, 9.17) is 5.26 Å². The molecule has 2 aromatic rings. The summed E-state index contributed by atoms with van der Waals surface area (Å²) < 4.78 is 24.7. The van der Waals surface area contributed by atoms with Crippen molar-refractivity contribution in [2.45, 2.75) is 10.6 Å². The lowest BCUT2D eigenvalue weighted by Crippen LogP contribution is -2.09. The van der Waals surface area contributed by atoms with Gasteiger partial charge in [-0.15, -0.1) is 0 Å². The maximum Gasteiger partial charge on any atom is 0.287 e. The molecule has 0 aliphatic rings. The van der Waals surface area contributed by atoms with Crippen LogP contribution in [0.5, 0.6) is 0 Å². The van der Waals surface area contributed by atoms with E-state index in [0.29, 0.717) is 0 Å². The number of nitro groups is 1. The van der Waals surface area contributed by atoms with Gasteiger partial charge in [0.1, 0.15) is 16.7 Å². The minimum absolute atomic E-state index is 0.0142. The maximum atomic E-state index is 12.4. The van der Waals surface area contributed by atoms with E-state index in [1.165, 1.54) is 36.5 Å². The van der Waals surface area contributed by atoms with E-state index in [1.807, 2.05) is 0 Å². The molecule has 7 nitrogen and oxygen atoms in total. The Kier molecular flexibility index (Phi) is 3.95. The van der Waals surface area contributed by atoms with Gasteiger partial charge in [0.25, 0.3) is 5.69 Å². The van der Waals surface area contributed by atoms with Gasteiger partial charge in [-0.25, -0.2) is 13.4 Å². The molecular weight excluding hydrogens is 294 g/mol. The van der Waals surface area contributed by atoms with Crippen LogP contribution in [0.4, 0.5) is 5.69 Å². The Morgan fingerprint density at radius 3 is 2.62 bits per heavy atom. The number of nitro benzene ring substituents is 1. The van der Waals surface area contributed by atoms with Crippen LogP contribution in [0.2, 0.25) is 0 Å². The molecule has 1 aromatic heterocycles. The van der Waals surface area contributed by atoms with Crippen molar-refractivity contribution in [1.29, 1.82) is 5.26 Å². The van der Waals surface area contributed by atoms with Crippen LogP contribution in [0.3, 0.4) is 0 Å². The van der Waals surface area contributed by atoms with Gasteiger partial charge >= 0.3 is 0 Å². The van der Waals surface area contributed by atoms with E-state index in [0.717, 1.165) is 6.07 Å². The number of nitriles is 1. The van der Waals surface area contributed by atoms with Crippen LogP contribution in [0.1, 0.15) is 11.3 Å². The van der Waals surface area contributed by atoms with Gasteiger partial charge in [0.05, 0.1) is 10.7 Å². The summed E-state index contributed by atoms with van der Waals surface area (Å²) in [6, 6.07) is 9.86. The lowest BCUT2D eigenvalue weighted by molar-refractivity contribution is -0.387. The molecule has 106 valence electrons. The van der Waals surface area contributed by atoms with Crippen molar-refractivity contribution in [2.75, 3.05) is 0 Å². The molecule has 0 saturated carbocycles. The van der Waals surface area contributed by atoms with Crippen LogP contribution in [0.25, 0.3) is 0 Å². The lowest BCUT2D eigenvalue weighted by atomic mass is 10.2.